The molecule has 25 heavy (non-hydrogen) atoms. The molecule has 2 rings (SSSR count). The van der Waals surface area contributed by atoms with Gasteiger partial charge in [-0.15, -0.1) is 0 Å². The lowest BCUT2D eigenvalue weighted by Crippen LogP contribution is -2.43. The van der Waals surface area contributed by atoms with Crippen molar-refractivity contribution in [2.75, 3.05) is 6.61 Å². The maximum Gasteiger partial charge on any atom is 0.252 e. The van der Waals surface area contributed by atoms with Gasteiger partial charge in [0.25, 0.3) is 5.56 Å². The van der Waals surface area contributed by atoms with Crippen LogP contribution in [0.25, 0.3) is 0 Å². The number of hydrogen-bond donors (Lipinski definition) is 0. The molecule has 0 N–H and O–H groups in total. The summed E-state index contributed by atoms with van der Waals surface area (Å²) in [7, 11) is -1.93. The smallest absolute Gasteiger partial charge is 0.252 e. The van der Waals surface area contributed by atoms with E-state index >= 15 is 0 Å². The van der Waals surface area contributed by atoms with E-state index in [9.17, 15) is 4.79 Å². The van der Waals surface area contributed by atoms with Gasteiger partial charge in [-0.25, -0.2) is 0 Å². The summed E-state index contributed by atoms with van der Waals surface area (Å²) in [6.45, 7) is 11.5. The molecule has 1 aromatic carbocycles. The molecule has 6 heteroatoms. The number of pyridine rings is 1. The van der Waals surface area contributed by atoms with Crippen LogP contribution in [0.15, 0.2) is 51.9 Å². The minimum absolute atomic E-state index is 0.0711. The van der Waals surface area contributed by atoms with E-state index in [0.717, 1.165) is 10.0 Å². The van der Waals surface area contributed by atoms with Crippen LogP contribution >= 0.6 is 27.5 Å². The third-order valence-corrected chi connectivity index (χ3v) is 10.1. The van der Waals surface area contributed by atoms with E-state index in [4.69, 9.17) is 16.0 Å². The van der Waals surface area contributed by atoms with Gasteiger partial charge in [-0.3, -0.25) is 4.79 Å². The molecule has 3 nitrogen and oxygen atoms in total. The number of hydrogen-bond acceptors (Lipinski definition) is 2. The molecule has 136 valence electrons. The van der Waals surface area contributed by atoms with Crippen molar-refractivity contribution in [3.8, 4) is 0 Å². The maximum atomic E-state index is 12.5. The molecule has 1 unspecified atom stereocenters. The minimum atomic E-state index is -1.93. The van der Waals surface area contributed by atoms with Crippen molar-refractivity contribution in [1.82, 2.24) is 4.57 Å². The number of nitrogens with zero attached hydrogens (tertiary/aromatic N) is 1. The first kappa shape index (κ1) is 20.4. The summed E-state index contributed by atoms with van der Waals surface area (Å²) in [5.41, 5.74) is 0.897. The Kier molecular flexibility index (Phi) is 6.36. The van der Waals surface area contributed by atoms with Gasteiger partial charge in [0.15, 0.2) is 8.32 Å². The number of aromatic nitrogens is 1. The van der Waals surface area contributed by atoms with Crippen molar-refractivity contribution in [2.24, 2.45) is 0 Å². The van der Waals surface area contributed by atoms with Gasteiger partial charge >= 0.3 is 0 Å². The molecular weight excluding hydrogens is 418 g/mol. The largest absolute Gasteiger partial charge is 0.414 e. The van der Waals surface area contributed by atoms with Gasteiger partial charge in [0, 0.05) is 21.8 Å². The van der Waals surface area contributed by atoms with Crippen molar-refractivity contribution in [2.45, 2.75) is 44.9 Å². The summed E-state index contributed by atoms with van der Waals surface area (Å²) in [4.78, 5) is 12.5. The molecule has 0 amide bonds. The van der Waals surface area contributed by atoms with Crippen LogP contribution < -0.4 is 5.56 Å². The normalized spacial score (nSPS) is 13.7. The first-order chi connectivity index (χ1) is 11.5. The predicted molar refractivity (Wildman–Crippen MR) is 111 cm³/mol. The van der Waals surface area contributed by atoms with Crippen LogP contribution in [0.1, 0.15) is 32.4 Å². The first-order valence-corrected chi connectivity index (χ1v) is 12.4. The fraction of sp³-hybridized carbons (Fsp3) is 0.421. The third-order valence-electron chi connectivity index (χ3n) is 4.89. The summed E-state index contributed by atoms with van der Waals surface area (Å²) in [6, 6.07) is 10.8. The molecular formula is C19H25BrClNO2Si. The minimum Gasteiger partial charge on any atom is -0.414 e. The van der Waals surface area contributed by atoms with Gasteiger partial charge in [-0.2, -0.15) is 0 Å². The molecule has 0 fully saturated rings. The standard InChI is InChI=1S/C19H25BrClNO2Si/c1-19(2,3)25(4,5)24-13-17(14-7-6-8-16(21)11-14)22-10-9-15(20)12-18(22)23/h6-12,17H,13H2,1-5H3. The summed E-state index contributed by atoms with van der Waals surface area (Å²) in [6.07, 6.45) is 1.80. The number of benzene rings is 1. The summed E-state index contributed by atoms with van der Waals surface area (Å²) in [5, 5.41) is 0.760. The Morgan fingerprint density at radius 2 is 1.92 bits per heavy atom. The number of halogens is 2. The Labute approximate surface area is 164 Å². The molecule has 1 heterocycles. The fourth-order valence-electron chi connectivity index (χ4n) is 2.28. The first-order valence-electron chi connectivity index (χ1n) is 8.28. The van der Waals surface area contributed by atoms with Crippen molar-refractivity contribution in [3.05, 3.63) is 68.0 Å². The summed E-state index contributed by atoms with van der Waals surface area (Å²) >= 11 is 9.53. The van der Waals surface area contributed by atoms with Gasteiger partial charge in [0.05, 0.1) is 12.6 Å². The molecule has 0 aliphatic rings. The van der Waals surface area contributed by atoms with Gasteiger partial charge < -0.3 is 8.99 Å². The van der Waals surface area contributed by atoms with E-state index in [1.54, 1.807) is 16.8 Å². The molecule has 1 atom stereocenters. The SMILES string of the molecule is CC(C)(C)[Si](C)(C)OCC(c1cccc(Cl)c1)n1ccc(Br)cc1=O. The fourth-order valence-corrected chi connectivity index (χ4v) is 3.80. The van der Waals surface area contributed by atoms with Crippen molar-refractivity contribution in [1.29, 1.82) is 0 Å². The maximum absolute atomic E-state index is 12.5. The average Bonchev–Trinajstić information content (AvgIpc) is 2.48. The van der Waals surface area contributed by atoms with Gasteiger partial charge in [-0.1, -0.05) is 60.4 Å². The van der Waals surface area contributed by atoms with Gasteiger partial charge in [0.2, 0.25) is 0 Å². The lowest BCUT2D eigenvalue weighted by Gasteiger charge is -2.37. The van der Waals surface area contributed by atoms with Crippen molar-refractivity contribution in [3.63, 3.8) is 0 Å². The molecule has 0 aliphatic heterocycles. The Hall–Kier alpha value is -0.883. The van der Waals surface area contributed by atoms with Crippen molar-refractivity contribution >= 4 is 35.8 Å². The second-order valence-corrected chi connectivity index (χ2v) is 13.9. The average molecular weight is 443 g/mol. The van der Waals surface area contributed by atoms with Crippen molar-refractivity contribution < 1.29 is 4.43 Å². The van der Waals surface area contributed by atoms with Crippen LogP contribution in [-0.2, 0) is 4.43 Å². The van der Waals surface area contributed by atoms with Crippen LogP contribution in [0.5, 0.6) is 0 Å². The third kappa shape index (κ3) is 5.06. The highest BCUT2D eigenvalue weighted by atomic mass is 79.9. The predicted octanol–water partition coefficient (Wildman–Crippen LogP) is 5.88. The highest BCUT2D eigenvalue weighted by molar-refractivity contribution is 9.10. The molecule has 0 saturated carbocycles. The van der Waals surface area contributed by atoms with Crippen LogP contribution in [0.3, 0.4) is 0 Å². The van der Waals surface area contributed by atoms with E-state index in [1.165, 1.54) is 0 Å². The molecule has 2 aromatic rings. The van der Waals surface area contributed by atoms with Crippen LogP contribution in [0.2, 0.25) is 23.2 Å². The molecule has 0 aliphatic carbocycles. The highest BCUT2D eigenvalue weighted by Gasteiger charge is 2.37. The van der Waals surface area contributed by atoms with Crippen LogP contribution in [-0.4, -0.2) is 19.5 Å². The van der Waals surface area contributed by atoms with E-state index < -0.39 is 8.32 Å². The number of rotatable bonds is 5. The van der Waals surface area contributed by atoms with E-state index in [0.29, 0.717) is 11.6 Å². The Balaban J connectivity index is 2.41. The Bertz CT molecular complexity index is 798. The summed E-state index contributed by atoms with van der Waals surface area (Å²) < 4.78 is 8.89. The molecule has 0 bridgehead atoms. The van der Waals surface area contributed by atoms with Gasteiger partial charge in [-0.05, 0) is 41.9 Å². The molecule has 0 spiro atoms. The topological polar surface area (TPSA) is 31.2 Å². The highest BCUT2D eigenvalue weighted by Crippen LogP contribution is 2.37. The van der Waals surface area contributed by atoms with E-state index in [1.807, 2.05) is 30.3 Å². The molecule has 1 aromatic heterocycles. The van der Waals surface area contributed by atoms with Crippen LogP contribution in [0, 0.1) is 0 Å². The van der Waals surface area contributed by atoms with Crippen LogP contribution in [0.4, 0.5) is 0 Å². The van der Waals surface area contributed by atoms with Gasteiger partial charge in [0.1, 0.15) is 0 Å². The molecule has 0 radical (unpaired) electrons. The lowest BCUT2D eigenvalue weighted by molar-refractivity contribution is 0.246. The Morgan fingerprint density at radius 1 is 1.24 bits per heavy atom. The molecule has 0 saturated heterocycles. The second-order valence-electron chi connectivity index (χ2n) is 7.73. The summed E-state index contributed by atoms with van der Waals surface area (Å²) in [5.74, 6) is 0. The van der Waals surface area contributed by atoms with E-state index in [2.05, 4.69) is 49.8 Å². The lowest BCUT2D eigenvalue weighted by atomic mass is 10.1. The second kappa shape index (κ2) is 7.78. The zero-order chi connectivity index (χ0) is 18.8. The quantitative estimate of drug-likeness (QED) is 0.542. The monoisotopic (exact) mass is 441 g/mol. The Morgan fingerprint density at radius 3 is 2.48 bits per heavy atom. The zero-order valence-corrected chi connectivity index (χ0v) is 18.7. The zero-order valence-electron chi connectivity index (χ0n) is 15.3. The van der Waals surface area contributed by atoms with E-state index in [-0.39, 0.29) is 16.6 Å².